The van der Waals surface area contributed by atoms with Crippen molar-refractivity contribution < 1.29 is 13.9 Å². The Morgan fingerprint density at radius 3 is 2.70 bits per heavy atom. The molecule has 0 bridgehead atoms. The van der Waals surface area contributed by atoms with Gasteiger partial charge in [-0.2, -0.15) is 0 Å². The lowest BCUT2D eigenvalue weighted by atomic mass is 9.91. The lowest BCUT2D eigenvalue weighted by Crippen LogP contribution is -2.47. The fraction of sp³-hybridized carbons (Fsp3) is 0.500. The molecule has 5 heteroatoms. The molecule has 2 aromatic rings. The number of hydrogen-bond acceptors (Lipinski definition) is 4. The second-order valence-corrected chi connectivity index (χ2v) is 6.29. The van der Waals surface area contributed by atoms with Crippen molar-refractivity contribution in [1.82, 2.24) is 5.32 Å². The number of benzene rings is 1. The summed E-state index contributed by atoms with van der Waals surface area (Å²) in [5.74, 6) is 0.857. The number of fused-ring (bicyclic) bond motifs is 1. The molecule has 1 aliphatic heterocycles. The van der Waals surface area contributed by atoms with Gasteiger partial charge < -0.3 is 20.2 Å². The highest BCUT2D eigenvalue weighted by Gasteiger charge is 2.28. The maximum atomic E-state index is 12.4. The van der Waals surface area contributed by atoms with Gasteiger partial charge in [-0.05, 0) is 38.7 Å². The Hall–Kier alpha value is -1.85. The zero-order chi connectivity index (χ0) is 16.4. The number of aryl methyl sites for hydroxylation is 1. The average Bonchev–Trinajstić information content (AvgIpc) is 2.92. The molecule has 124 valence electrons. The SMILES string of the molecule is Cc1c(C(C)NC(=O)C(N)C2CCOCC2)oc2ccccc12. The molecule has 23 heavy (non-hydrogen) atoms. The Morgan fingerprint density at radius 2 is 2.00 bits per heavy atom. The van der Waals surface area contributed by atoms with Crippen LogP contribution >= 0.6 is 0 Å². The van der Waals surface area contributed by atoms with Crippen LogP contribution in [0.1, 0.15) is 37.1 Å². The van der Waals surface area contributed by atoms with Crippen LogP contribution in [0.25, 0.3) is 11.0 Å². The van der Waals surface area contributed by atoms with Gasteiger partial charge in [0.05, 0.1) is 12.1 Å². The summed E-state index contributed by atoms with van der Waals surface area (Å²) in [6, 6.07) is 7.19. The van der Waals surface area contributed by atoms with Gasteiger partial charge in [-0.25, -0.2) is 0 Å². The summed E-state index contributed by atoms with van der Waals surface area (Å²) in [6.45, 7) is 5.31. The van der Waals surface area contributed by atoms with Gasteiger partial charge in [0.25, 0.3) is 0 Å². The quantitative estimate of drug-likeness (QED) is 0.909. The third-order valence-corrected chi connectivity index (χ3v) is 4.71. The molecule has 2 heterocycles. The summed E-state index contributed by atoms with van der Waals surface area (Å²) >= 11 is 0. The maximum absolute atomic E-state index is 12.4. The minimum absolute atomic E-state index is 0.121. The van der Waals surface area contributed by atoms with Gasteiger partial charge >= 0.3 is 0 Å². The van der Waals surface area contributed by atoms with Crippen molar-refractivity contribution in [2.75, 3.05) is 13.2 Å². The van der Waals surface area contributed by atoms with Crippen LogP contribution in [-0.2, 0) is 9.53 Å². The first-order valence-corrected chi connectivity index (χ1v) is 8.19. The molecule has 5 nitrogen and oxygen atoms in total. The van der Waals surface area contributed by atoms with Crippen molar-refractivity contribution in [3.63, 3.8) is 0 Å². The molecule has 1 aromatic carbocycles. The molecule has 3 N–H and O–H groups in total. The molecule has 1 aromatic heterocycles. The Balaban J connectivity index is 1.71. The number of furan rings is 1. The highest BCUT2D eigenvalue weighted by molar-refractivity contribution is 5.84. The van der Waals surface area contributed by atoms with Gasteiger partial charge in [0.15, 0.2) is 0 Å². The molecule has 3 rings (SSSR count). The fourth-order valence-corrected chi connectivity index (χ4v) is 3.27. The van der Waals surface area contributed by atoms with Crippen molar-refractivity contribution in [2.45, 2.75) is 38.8 Å². The van der Waals surface area contributed by atoms with Gasteiger partial charge in [0.1, 0.15) is 11.3 Å². The minimum Gasteiger partial charge on any atom is -0.459 e. The predicted octanol–water partition coefficient (Wildman–Crippen LogP) is 2.67. The monoisotopic (exact) mass is 316 g/mol. The third-order valence-electron chi connectivity index (χ3n) is 4.71. The van der Waals surface area contributed by atoms with Crippen molar-refractivity contribution in [3.05, 3.63) is 35.6 Å². The van der Waals surface area contributed by atoms with E-state index in [4.69, 9.17) is 14.9 Å². The van der Waals surface area contributed by atoms with Crippen molar-refractivity contribution in [2.24, 2.45) is 11.7 Å². The number of ether oxygens (including phenoxy) is 1. The van der Waals surface area contributed by atoms with Gasteiger partial charge in [0.2, 0.25) is 5.91 Å². The minimum atomic E-state index is -0.494. The number of carbonyl (C=O) groups excluding carboxylic acids is 1. The van der Waals surface area contributed by atoms with Crippen molar-refractivity contribution >= 4 is 16.9 Å². The van der Waals surface area contributed by atoms with Crippen LogP contribution in [0, 0.1) is 12.8 Å². The van der Waals surface area contributed by atoms with E-state index < -0.39 is 6.04 Å². The zero-order valence-corrected chi connectivity index (χ0v) is 13.7. The van der Waals surface area contributed by atoms with Crippen LogP contribution in [-0.4, -0.2) is 25.2 Å². The molecule has 1 amide bonds. The van der Waals surface area contributed by atoms with E-state index in [2.05, 4.69) is 5.32 Å². The smallest absolute Gasteiger partial charge is 0.237 e. The Morgan fingerprint density at radius 1 is 1.30 bits per heavy atom. The van der Waals surface area contributed by atoms with E-state index in [1.54, 1.807) is 0 Å². The van der Waals surface area contributed by atoms with E-state index in [0.717, 1.165) is 35.1 Å². The van der Waals surface area contributed by atoms with Crippen LogP contribution in [0.15, 0.2) is 28.7 Å². The molecule has 2 unspecified atom stereocenters. The molecule has 0 radical (unpaired) electrons. The largest absolute Gasteiger partial charge is 0.459 e. The molecule has 1 fully saturated rings. The second kappa shape index (κ2) is 6.72. The maximum Gasteiger partial charge on any atom is 0.237 e. The van der Waals surface area contributed by atoms with Gasteiger partial charge in [-0.3, -0.25) is 4.79 Å². The molecular formula is C18H24N2O3. The van der Waals surface area contributed by atoms with Crippen LogP contribution in [0.2, 0.25) is 0 Å². The predicted molar refractivity (Wildman–Crippen MR) is 89.0 cm³/mol. The lowest BCUT2D eigenvalue weighted by Gasteiger charge is -2.27. The molecule has 2 atom stereocenters. The van der Waals surface area contributed by atoms with Gasteiger partial charge in [-0.15, -0.1) is 0 Å². The number of para-hydroxylation sites is 1. The van der Waals surface area contributed by atoms with E-state index in [-0.39, 0.29) is 17.9 Å². The Bertz CT molecular complexity index is 689. The normalized spacial score (nSPS) is 18.7. The second-order valence-electron chi connectivity index (χ2n) is 6.29. The lowest BCUT2D eigenvalue weighted by molar-refractivity contribution is -0.125. The topological polar surface area (TPSA) is 77.5 Å². The summed E-state index contributed by atoms with van der Waals surface area (Å²) in [5, 5.41) is 4.08. The van der Waals surface area contributed by atoms with Crippen molar-refractivity contribution in [3.8, 4) is 0 Å². The van der Waals surface area contributed by atoms with Gasteiger partial charge in [0, 0.05) is 24.2 Å². The highest BCUT2D eigenvalue weighted by Crippen LogP contribution is 2.29. The molecule has 0 aliphatic carbocycles. The zero-order valence-electron chi connectivity index (χ0n) is 13.7. The first-order valence-electron chi connectivity index (χ1n) is 8.19. The van der Waals surface area contributed by atoms with Gasteiger partial charge in [-0.1, -0.05) is 18.2 Å². The summed E-state index contributed by atoms with van der Waals surface area (Å²) in [6.07, 6.45) is 1.68. The Labute approximate surface area is 136 Å². The summed E-state index contributed by atoms with van der Waals surface area (Å²) < 4.78 is 11.2. The standard InChI is InChI=1S/C18H24N2O3/c1-11-14-5-3-4-6-15(14)23-17(11)12(2)20-18(21)16(19)13-7-9-22-10-8-13/h3-6,12-13,16H,7-10,19H2,1-2H3,(H,20,21). The number of nitrogens with one attached hydrogen (secondary N) is 1. The molecule has 0 spiro atoms. The Kier molecular flexibility index (Phi) is 4.68. The number of hydrogen-bond donors (Lipinski definition) is 2. The van der Waals surface area contributed by atoms with E-state index in [9.17, 15) is 4.79 Å². The molecule has 0 saturated carbocycles. The molecule has 1 aliphatic rings. The number of amides is 1. The van der Waals surface area contributed by atoms with E-state index in [1.807, 2.05) is 38.1 Å². The third kappa shape index (κ3) is 3.26. The molecular weight excluding hydrogens is 292 g/mol. The summed E-state index contributed by atoms with van der Waals surface area (Å²) in [5.41, 5.74) is 8.04. The first kappa shape index (κ1) is 16.0. The van der Waals surface area contributed by atoms with E-state index >= 15 is 0 Å². The number of rotatable bonds is 4. The van der Waals surface area contributed by atoms with Crippen LogP contribution in [0.5, 0.6) is 0 Å². The van der Waals surface area contributed by atoms with E-state index in [0.29, 0.717) is 13.2 Å². The number of carbonyl (C=O) groups is 1. The highest BCUT2D eigenvalue weighted by atomic mass is 16.5. The van der Waals surface area contributed by atoms with Crippen LogP contribution in [0.3, 0.4) is 0 Å². The molecule has 1 saturated heterocycles. The average molecular weight is 316 g/mol. The first-order chi connectivity index (χ1) is 11.1. The summed E-state index contributed by atoms with van der Waals surface area (Å²) in [7, 11) is 0. The van der Waals surface area contributed by atoms with Crippen molar-refractivity contribution in [1.29, 1.82) is 0 Å². The van der Waals surface area contributed by atoms with E-state index in [1.165, 1.54) is 0 Å². The summed E-state index contributed by atoms with van der Waals surface area (Å²) in [4.78, 5) is 12.4. The number of nitrogens with two attached hydrogens (primary N) is 1. The fourth-order valence-electron chi connectivity index (χ4n) is 3.27. The van der Waals surface area contributed by atoms with Crippen LogP contribution in [0.4, 0.5) is 0 Å². The van der Waals surface area contributed by atoms with Crippen LogP contribution < -0.4 is 11.1 Å².